The van der Waals surface area contributed by atoms with Crippen molar-refractivity contribution in [2.75, 3.05) is 19.5 Å². The number of nitrogens with one attached hydrogen (secondary N) is 1. The van der Waals surface area contributed by atoms with Crippen molar-refractivity contribution in [3.05, 3.63) is 60.7 Å². The fourth-order valence-corrected chi connectivity index (χ4v) is 2.97. The molecule has 0 saturated carbocycles. The molecule has 0 radical (unpaired) electrons. The van der Waals surface area contributed by atoms with Gasteiger partial charge >= 0.3 is 0 Å². The molecule has 4 rings (SSSR count). The maximum atomic E-state index is 14.3. The first kappa shape index (κ1) is 17.7. The molecule has 0 saturated heterocycles. The summed E-state index contributed by atoms with van der Waals surface area (Å²) in [6.45, 7) is 0. The van der Waals surface area contributed by atoms with Gasteiger partial charge in [-0.1, -0.05) is 12.1 Å². The van der Waals surface area contributed by atoms with Crippen LogP contribution in [-0.4, -0.2) is 34.1 Å². The highest BCUT2D eigenvalue weighted by molar-refractivity contribution is 5.97. The fourth-order valence-electron chi connectivity index (χ4n) is 2.97. The average molecular weight is 379 g/mol. The summed E-state index contributed by atoms with van der Waals surface area (Å²) in [5.41, 5.74) is 1.75. The van der Waals surface area contributed by atoms with Crippen molar-refractivity contribution < 1.29 is 13.5 Å². The smallest absolute Gasteiger partial charge is 0.166 e. The minimum absolute atomic E-state index is 0.128. The number of hydrogen-bond acceptors (Lipinski definition) is 6. The van der Waals surface area contributed by atoms with E-state index in [1.807, 2.05) is 0 Å². The van der Waals surface area contributed by atoms with Crippen molar-refractivity contribution in [1.82, 2.24) is 19.9 Å². The summed E-state index contributed by atoms with van der Waals surface area (Å²) in [6.07, 6.45) is 4.64. The summed E-state index contributed by atoms with van der Waals surface area (Å²) >= 11 is 0. The molecule has 0 aliphatic rings. The predicted octanol–water partition coefficient (Wildman–Crippen LogP) is 4.08. The van der Waals surface area contributed by atoms with E-state index >= 15 is 0 Å². The van der Waals surface area contributed by atoms with Gasteiger partial charge in [0.2, 0.25) is 0 Å². The van der Waals surface area contributed by atoms with Crippen LogP contribution in [0.5, 0.6) is 5.75 Å². The van der Waals surface area contributed by atoms with E-state index in [1.54, 1.807) is 31.6 Å². The Morgan fingerprint density at radius 3 is 2.50 bits per heavy atom. The zero-order valence-electron chi connectivity index (χ0n) is 15.1. The normalized spacial score (nSPS) is 10.9. The van der Waals surface area contributed by atoms with E-state index in [0.29, 0.717) is 39.4 Å². The first-order valence-corrected chi connectivity index (χ1v) is 8.39. The lowest BCUT2D eigenvalue weighted by Gasteiger charge is -2.13. The Bertz CT molecular complexity index is 1170. The van der Waals surface area contributed by atoms with Crippen molar-refractivity contribution in [3.8, 4) is 28.3 Å². The number of anilines is 1. The number of fused-ring (bicyclic) bond motifs is 1. The van der Waals surface area contributed by atoms with Gasteiger partial charge in [0, 0.05) is 30.4 Å². The van der Waals surface area contributed by atoms with E-state index in [4.69, 9.17) is 4.74 Å². The average Bonchev–Trinajstić information content (AvgIpc) is 2.74. The van der Waals surface area contributed by atoms with E-state index < -0.39 is 11.6 Å². The molecular formula is C20H15F2N5O. The maximum absolute atomic E-state index is 14.3. The number of nitrogens with zero attached hydrogens (tertiary/aromatic N) is 4. The molecular weight excluding hydrogens is 364 g/mol. The molecule has 1 N–H and O–H groups in total. The highest BCUT2D eigenvalue weighted by Crippen LogP contribution is 2.36. The van der Waals surface area contributed by atoms with Crippen molar-refractivity contribution in [3.63, 3.8) is 0 Å². The number of aromatic nitrogens is 4. The summed E-state index contributed by atoms with van der Waals surface area (Å²) < 4.78 is 33.5. The molecule has 6 nitrogen and oxygen atoms in total. The number of ether oxygens (including phenoxy) is 1. The zero-order chi connectivity index (χ0) is 19.7. The molecule has 0 amide bonds. The van der Waals surface area contributed by atoms with Gasteiger partial charge in [0.25, 0.3) is 0 Å². The summed E-state index contributed by atoms with van der Waals surface area (Å²) in [5, 5.41) is 3.63. The monoisotopic (exact) mass is 379 g/mol. The van der Waals surface area contributed by atoms with Gasteiger partial charge in [0.05, 0.1) is 12.7 Å². The van der Waals surface area contributed by atoms with Gasteiger partial charge < -0.3 is 10.1 Å². The SMILES string of the molecule is CNc1nc(-c2cncnc2)nc2c(OC)cc(-c3cccc(F)c3F)cc12. The van der Waals surface area contributed by atoms with Gasteiger partial charge in [0.15, 0.2) is 17.5 Å². The highest BCUT2D eigenvalue weighted by atomic mass is 19.2. The zero-order valence-corrected chi connectivity index (χ0v) is 15.1. The molecule has 0 aliphatic heterocycles. The molecule has 4 aromatic rings. The third kappa shape index (κ3) is 2.98. The van der Waals surface area contributed by atoms with Gasteiger partial charge in [-0.05, 0) is 23.8 Å². The van der Waals surface area contributed by atoms with Gasteiger partial charge in [0.1, 0.15) is 23.4 Å². The van der Waals surface area contributed by atoms with Crippen LogP contribution in [0.2, 0.25) is 0 Å². The lowest BCUT2D eigenvalue weighted by atomic mass is 10.0. The third-order valence-corrected chi connectivity index (χ3v) is 4.30. The van der Waals surface area contributed by atoms with E-state index in [9.17, 15) is 8.78 Å². The van der Waals surface area contributed by atoms with Crippen LogP contribution in [0.4, 0.5) is 14.6 Å². The van der Waals surface area contributed by atoms with Crippen LogP contribution in [0.1, 0.15) is 0 Å². The second kappa shape index (κ2) is 7.15. The van der Waals surface area contributed by atoms with Gasteiger partial charge in [-0.15, -0.1) is 0 Å². The number of halogens is 2. The van der Waals surface area contributed by atoms with Crippen LogP contribution in [0.25, 0.3) is 33.4 Å². The Morgan fingerprint density at radius 1 is 1.00 bits per heavy atom. The molecule has 2 aromatic carbocycles. The number of rotatable bonds is 4. The quantitative estimate of drug-likeness (QED) is 0.576. The second-order valence-corrected chi connectivity index (χ2v) is 5.95. The molecule has 0 bridgehead atoms. The van der Waals surface area contributed by atoms with Crippen molar-refractivity contribution in [2.24, 2.45) is 0 Å². The third-order valence-electron chi connectivity index (χ3n) is 4.30. The largest absolute Gasteiger partial charge is 0.494 e. The Hall–Kier alpha value is -3.68. The van der Waals surface area contributed by atoms with Crippen LogP contribution >= 0.6 is 0 Å². The molecule has 0 atom stereocenters. The Labute approximate surface area is 159 Å². The Balaban J connectivity index is 2.00. The van der Waals surface area contributed by atoms with Crippen LogP contribution in [0, 0.1) is 11.6 Å². The van der Waals surface area contributed by atoms with E-state index in [2.05, 4.69) is 25.3 Å². The minimum atomic E-state index is -0.922. The van der Waals surface area contributed by atoms with Gasteiger partial charge in [-0.3, -0.25) is 0 Å². The molecule has 0 unspecified atom stereocenters. The number of hydrogen-bond donors (Lipinski definition) is 1. The topological polar surface area (TPSA) is 72.8 Å². The van der Waals surface area contributed by atoms with E-state index in [0.717, 1.165) is 6.07 Å². The van der Waals surface area contributed by atoms with Crippen LogP contribution < -0.4 is 10.1 Å². The maximum Gasteiger partial charge on any atom is 0.166 e. The first-order chi connectivity index (χ1) is 13.6. The summed E-state index contributed by atoms with van der Waals surface area (Å²) in [5.74, 6) is -0.496. The molecule has 2 aromatic heterocycles. The standard InChI is InChI=1S/C20H15F2N5O/c1-23-20-14-6-11(13-4-3-5-15(21)17(13)22)7-16(28-2)18(14)26-19(27-20)12-8-24-10-25-9-12/h3-10H,1-2H3,(H,23,26,27). The molecule has 0 fully saturated rings. The lowest BCUT2D eigenvalue weighted by molar-refractivity contribution is 0.419. The Morgan fingerprint density at radius 2 is 1.79 bits per heavy atom. The highest BCUT2D eigenvalue weighted by Gasteiger charge is 2.17. The molecule has 0 spiro atoms. The predicted molar refractivity (Wildman–Crippen MR) is 102 cm³/mol. The van der Waals surface area contributed by atoms with Gasteiger partial charge in [-0.2, -0.15) is 0 Å². The second-order valence-electron chi connectivity index (χ2n) is 5.95. The molecule has 8 heteroatoms. The number of methoxy groups -OCH3 is 1. The fraction of sp³-hybridized carbons (Fsp3) is 0.100. The lowest BCUT2D eigenvalue weighted by Crippen LogP contribution is -2.01. The first-order valence-electron chi connectivity index (χ1n) is 8.39. The minimum Gasteiger partial charge on any atom is -0.494 e. The van der Waals surface area contributed by atoms with E-state index in [-0.39, 0.29) is 5.56 Å². The molecule has 140 valence electrons. The van der Waals surface area contributed by atoms with Crippen molar-refractivity contribution in [2.45, 2.75) is 0 Å². The summed E-state index contributed by atoms with van der Waals surface area (Å²) in [6, 6.07) is 7.37. The van der Waals surface area contributed by atoms with Crippen molar-refractivity contribution >= 4 is 16.7 Å². The Kier molecular flexibility index (Phi) is 4.52. The number of benzene rings is 2. The molecule has 2 heterocycles. The molecule has 28 heavy (non-hydrogen) atoms. The van der Waals surface area contributed by atoms with E-state index in [1.165, 1.54) is 25.6 Å². The summed E-state index contributed by atoms with van der Waals surface area (Å²) in [7, 11) is 3.21. The van der Waals surface area contributed by atoms with Crippen LogP contribution in [0.3, 0.4) is 0 Å². The van der Waals surface area contributed by atoms with Gasteiger partial charge in [-0.25, -0.2) is 28.7 Å². The van der Waals surface area contributed by atoms with Crippen LogP contribution in [0.15, 0.2) is 49.1 Å². The molecule has 0 aliphatic carbocycles. The summed E-state index contributed by atoms with van der Waals surface area (Å²) in [4.78, 5) is 17.1. The van der Waals surface area contributed by atoms with Crippen molar-refractivity contribution in [1.29, 1.82) is 0 Å². The van der Waals surface area contributed by atoms with Crippen LogP contribution in [-0.2, 0) is 0 Å².